The zero-order chi connectivity index (χ0) is 43.5. The van der Waals surface area contributed by atoms with Gasteiger partial charge in [-0.15, -0.1) is 21.9 Å². The Hall–Kier alpha value is -5.42. The Labute approximate surface area is 302 Å². The Balaban J connectivity index is 0.000000702. The molecule has 0 aliphatic rings. The van der Waals surface area contributed by atoms with E-state index in [0.717, 1.165) is 0 Å². The fourth-order valence-corrected chi connectivity index (χ4v) is 5.92. The van der Waals surface area contributed by atoms with Crippen LogP contribution in [0.25, 0.3) is 0 Å². The van der Waals surface area contributed by atoms with Crippen molar-refractivity contribution in [2.45, 2.75) is 6.18 Å². The highest BCUT2D eigenvalue weighted by molar-refractivity contribution is 7.20. The van der Waals surface area contributed by atoms with Gasteiger partial charge in [0, 0.05) is 0 Å². The van der Waals surface area contributed by atoms with Crippen LogP contribution in [0.4, 0.5) is 102 Å². The van der Waals surface area contributed by atoms with Crippen molar-refractivity contribution in [2.24, 2.45) is 0 Å². The van der Waals surface area contributed by atoms with Crippen molar-refractivity contribution in [3.05, 3.63) is 146 Å². The average molecular weight is 851 g/mol. The highest BCUT2D eigenvalue weighted by atomic mass is 19.4. The molecular weight excluding hydrogens is 839 g/mol. The summed E-state index contributed by atoms with van der Waals surface area (Å²) in [7, 11) is 4.24. The van der Waals surface area contributed by atoms with E-state index in [2.05, 4.69) is 38.4 Å². The first-order chi connectivity index (χ1) is 26.2. The van der Waals surface area contributed by atoms with E-state index in [-0.39, 0.29) is 0 Å². The summed E-state index contributed by atoms with van der Waals surface area (Å²) in [5, 5.41) is 0. The number of alkyl halides is 3. The summed E-state index contributed by atoms with van der Waals surface area (Å²) in [6, 6.07) is 10.4. The van der Waals surface area contributed by atoms with Crippen LogP contribution in [0.15, 0.2) is 30.3 Å². The lowest BCUT2D eigenvalue weighted by molar-refractivity contribution is -0.786. The molecule has 0 fully saturated rings. The third-order valence-electron chi connectivity index (χ3n) is 8.40. The highest BCUT2D eigenvalue weighted by Gasteiger charge is 2.53. The van der Waals surface area contributed by atoms with Gasteiger partial charge in [0.05, 0.1) is 14.1 Å². The Morgan fingerprint density at radius 3 is 0.737 bits per heavy atom. The molecule has 0 atom stereocenters. The van der Waals surface area contributed by atoms with Crippen molar-refractivity contribution in [3.63, 3.8) is 0 Å². The number of nitrogens with one attached hydrogen (secondary N) is 1. The number of hydrogen-bond acceptors (Lipinski definition) is 0. The van der Waals surface area contributed by atoms with Crippen LogP contribution >= 0.6 is 0 Å². The van der Waals surface area contributed by atoms with E-state index in [1.807, 2.05) is 6.07 Å². The summed E-state index contributed by atoms with van der Waals surface area (Å²) in [6.07, 6.45) is -14.1. The summed E-state index contributed by atoms with van der Waals surface area (Å²) >= 11 is 0. The van der Waals surface area contributed by atoms with Crippen LogP contribution in [0.2, 0.25) is 0 Å². The van der Waals surface area contributed by atoms with E-state index >= 15 is 35.1 Å². The van der Waals surface area contributed by atoms with Gasteiger partial charge in [-0.05, 0) is 12.1 Å². The number of benzene rings is 5. The second-order valence-corrected chi connectivity index (χ2v) is 11.7. The van der Waals surface area contributed by atoms with Crippen LogP contribution in [-0.4, -0.2) is 20.2 Å². The molecule has 0 spiro atoms. The zero-order valence-electron chi connectivity index (χ0n) is 27.3. The van der Waals surface area contributed by atoms with Gasteiger partial charge >= 0.3 is 6.18 Å². The minimum Gasteiger partial charge on any atom is -0.307 e. The van der Waals surface area contributed by atoms with Crippen molar-refractivity contribution >= 4 is 33.7 Å². The zero-order valence-corrected chi connectivity index (χ0v) is 27.3. The lowest BCUT2D eigenvalue weighted by Gasteiger charge is -2.45. The van der Waals surface area contributed by atoms with Crippen molar-refractivity contribution < 1.29 is 101 Å². The third kappa shape index (κ3) is 6.79. The van der Waals surface area contributed by atoms with Gasteiger partial charge in [-0.25, -0.2) is 83.4 Å². The minimum absolute atomic E-state index is 1.33. The van der Waals surface area contributed by atoms with Crippen molar-refractivity contribution in [3.8, 4) is 0 Å². The summed E-state index contributed by atoms with van der Waals surface area (Å²) in [5.41, 5.74) is -17.5. The van der Waals surface area contributed by atoms with Crippen LogP contribution in [0, 0.1) is 111 Å². The monoisotopic (exact) mass is 851 g/mol. The smallest absolute Gasteiger partial charge is 0.307 e. The molecule has 5 rings (SSSR count). The van der Waals surface area contributed by atoms with Crippen molar-refractivity contribution in [2.75, 3.05) is 14.1 Å². The summed E-state index contributed by atoms with van der Waals surface area (Å²) in [4.78, 5) is 1.37. The van der Waals surface area contributed by atoms with Gasteiger partial charge in [0.2, 0.25) is 0 Å². The fourth-order valence-electron chi connectivity index (χ4n) is 5.92. The van der Waals surface area contributed by atoms with E-state index in [0.29, 0.717) is 0 Å². The first kappa shape index (κ1) is 44.3. The van der Waals surface area contributed by atoms with Gasteiger partial charge in [0.15, 0.2) is 64.0 Å². The predicted octanol–water partition coefficient (Wildman–Crippen LogP) is 7.19. The maximum Gasteiger partial charge on any atom is 0.422 e. The molecule has 5 aromatic rings. The van der Waals surface area contributed by atoms with Gasteiger partial charge in [0.1, 0.15) is 63.9 Å². The molecule has 0 bridgehead atoms. The molecule has 0 radical (unpaired) electrons. The molecule has 5 aromatic carbocycles. The minimum atomic E-state index is -7.46. The molecule has 1 nitrogen and oxygen atoms in total. The normalized spacial score (nSPS) is 12.0. The first-order valence-electron chi connectivity index (χ1n) is 14.7. The van der Waals surface area contributed by atoms with Crippen molar-refractivity contribution in [1.82, 2.24) is 0 Å². The standard InChI is InChI=1S/C25BF22.C8H11N/c27-6-1(25(46,47)48)7(28)9(30)2(8(6)29)26(3-10(31)16(37)22(43)17(38)11(3)32,4-12(33)18(39)23(44)19(40)13(4)34)5-14(35)20(41)24(45)21(42)15(5)36;1-9(2)8-6-4-3-5-7-8/h;3-7H,1-2H3/q-1;/p+1. The van der Waals surface area contributed by atoms with Gasteiger partial charge in [-0.2, -0.15) is 13.2 Å². The van der Waals surface area contributed by atoms with E-state index in [1.54, 1.807) is 0 Å². The summed E-state index contributed by atoms with van der Waals surface area (Å²) in [6.45, 7) is 0. The first-order valence-corrected chi connectivity index (χ1v) is 14.7. The molecule has 0 aromatic heterocycles. The van der Waals surface area contributed by atoms with Gasteiger partial charge in [-0.3, -0.25) is 0 Å². The predicted molar refractivity (Wildman–Crippen MR) is 153 cm³/mol. The molecule has 0 amide bonds. The van der Waals surface area contributed by atoms with E-state index in [9.17, 15) is 61.5 Å². The molecule has 0 saturated carbocycles. The average Bonchev–Trinajstić information content (AvgIpc) is 3.15. The molecule has 0 unspecified atom stereocenters. The molecule has 24 heteroatoms. The maximum atomic E-state index is 15.6. The molecule has 0 aliphatic heterocycles. The molecule has 306 valence electrons. The summed E-state index contributed by atoms with van der Waals surface area (Å²) < 4.78 is 322. The molecule has 1 N–H and O–H groups in total. The second-order valence-electron chi connectivity index (χ2n) is 11.7. The van der Waals surface area contributed by atoms with Crippen LogP contribution in [0.3, 0.4) is 0 Å². The Morgan fingerprint density at radius 2 is 0.544 bits per heavy atom. The third-order valence-corrected chi connectivity index (χ3v) is 8.40. The number of rotatable bonds is 5. The van der Waals surface area contributed by atoms with Crippen LogP contribution in [0.5, 0.6) is 0 Å². The molecule has 0 saturated heterocycles. The fraction of sp³-hybridized carbons (Fsp3) is 0.0909. The van der Waals surface area contributed by atoms with Crippen molar-refractivity contribution in [1.29, 1.82) is 0 Å². The second kappa shape index (κ2) is 15.5. The Morgan fingerprint density at radius 1 is 0.333 bits per heavy atom. The highest BCUT2D eigenvalue weighted by Crippen LogP contribution is 2.37. The summed E-state index contributed by atoms with van der Waals surface area (Å²) in [5.74, 6) is -71.3. The number of para-hydroxylation sites is 1. The largest absolute Gasteiger partial charge is 0.422 e. The van der Waals surface area contributed by atoms with Gasteiger partial charge < -0.3 is 4.90 Å². The maximum absolute atomic E-state index is 15.6. The SMILES string of the molecule is C[NH+](C)c1ccccc1.Fc1c(F)c(F)c([B-](c2c(F)c(F)c(F)c(F)c2F)(c2c(F)c(F)c(F)c(F)c2F)c2c(F)c(F)c(C(F)(F)F)c(F)c2F)c(F)c1F. The Bertz CT molecular complexity index is 2150. The lowest BCUT2D eigenvalue weighted by atomic mass is 9.12. The van der Waals surface area contributed by atoms with Gasteiger partial charge in [0.25, 0.3) is 0 Å². The Kier molecular flexibility index (Phi) is 12.0. The number of hydrogen-bond donors (Lipinski definition) is 1. The number of halogens is 22. The molecule has 57 heavy (non-hydrogen) atoms. The van der Waals surface area contributed by atoms with E-state index < -0.39 is 150 Å². The number of quaternary nitrogens is 1. The lowest BCUT2D eigenvalue weighted by Crippen LogP contribution is -3.00. The van der Waals surface area contributed by atoms with E-state index in [1.165, 1.54) is 10.6 Å². The topological polar surface area (TPSA) is 4.44 Å². The van der Waals surface area contributed by atoms with Crippen LogP contribution < -0.4 is 26.8 Å². The van der Waals surface area contributed by atoms with Crippen LogP contribution in [-0.2, 0) is 6.18 Å². The molecule has 0 heterocycles. The van der Waals surface area contributed by atoms with Gasteiger partial charge in [-0.1, -0.05) is 18.2 Å². The molecular formula is C33H12BF22N. The van der Waals surface area contributed by atoms with Crippen LogP contribution in [0.1, 0.15) is 5.56 Å². The molecule has 0 aliphatic carbocycles. The quantitative estimate of drug-likeness (QED) is 0.0828. The van der Waals surface area contributed by atoms with E-state index in [4.69, 9.17) is 0 Å².